The summed E-state index contributed by atoms with van der Waals surface area (Å²) in [6, 6.07) is 79.4. The number of nitrogens with zero attached hydrogens (tertiary/aromatic N) is 4. The zero-order valence-electron chi connectivity index (χ0n) is 36.1. The third-order valence-electron chi connectivity index (χ3n) is 12.8. The summed E-state index contributed by atoms with van der Waals surface area (Å²) in [5, 5.41) is 9.44. The molecule has 0 saturated carbocycles. The lowest BCUT2D eigenvalue weighted by atomic mass is 9.94. The first-order valence-electron chi connectivity index (χ1n) is 22.5. The number of oxazole rings is 1. The molecule has 5 nitrogen and oxygen atoms in total. The fraction of sp³-hybridized carbons (Fsp3) is 0. The van der Waals surface area contributed by atoms with Gasteiger partial charge in [0, 0.05) is 34.0 Å². The van der Waals surface area contributed by atoms with Gasteiger partial charge in [0.05, 0.1) is 22.8 Å². The number of aromatic nitrogens is 4. The van der Waals surface area contributed by atoms with Crippen LogP contribution in [0.25, 0.3) is 133 Å². The minimum atomic E-state index is 0.470. The lowest BCUT2D eigenvalue weighted by Gasteiger charge is -2.15. The number of benzene rings is 9. The van der Waals surface area contributed by atoms with E-state index in [1.54, 1.807) is 6.20 Å². The van der Waals surface area contributed by atoms with E-state index in [4.69, 9.17) is 19.4 Å². The van der Waals surface area contributed by atoms with E-state index >= 15 is 0 Å². The highest BCUT2D eigenvalue weighted by Crippen LogP contribution is 2.39. The molecule has 0 fully saturated rings. The molecule has 0 spiro atoms. The van der Waals surface area contributed by atoms with Gasteiger partial charge in [0.25, 0.3) is 0 Å². The maximum atomic E-state index is 6.46. The highest BCUT2D eigenvalue weighted by atomic mass is 16.3. The Labute approximate surface area is 386 Å². The second-order valence-corrected chi connectivity index (χ2v) is 17.1. The van der Waals surface area contributed by atoms with E-state index in [1.165, 1.54) is 32.3 Å². The summed E-state index contributed by atoms with van der Waals surface area (Å²) in [5.74, 6) is 0.470. The van der Waals surface area contributed by atoms with Gasteiger partial charge in [0.15, 0.2) is 11.2 Å². The van der Waals surface area contributed by atoms with Gasteiger partial charge in [-0.15, -0.1) is 0 Å². The molecular weight excluding hydrogens is 817 g/mol. The molecule has 0 atom stereocenters. The fourth-order valence-corrected chi connectivity index (χ4v) is 9.36. The molecule has 4 aromatic heterocycles. The van der Waals surface area contributed by atoms with Gasteiger partial charge >= 0.3 is 0 Å². The number of rotatable bonds is 7. The van der Waals surface area contributed by atoms with E-state index in [0.717, 1.165) is 83.6 Å². The third-order valence-corrected chi connectivity index (χ3v) is 12.8. The van der Waals surface area contributed by atoms with Crippen LogP contribution in [0.3, 0.4) is 0 Å². The Morgan fingerprint density at radius 2 is 0.627 bits per heavy atom. The molecule has 67 heavy (non-hydrogen) atoms. The van der Waals surface area contributed by atoms with Gasteiger partial charge in [-0.25, -0.2) is 15.0 Å². The maximum absolute atomic E-state index is 6.46. The molecule has 13 rings (SSSR count). The quantitative estimate of drug-likeness (QED) is 0.160. The van der Waals surface area contributed by atoms with Crippen LogP contribution in [0.5, 0.6) is 0 Å². The minimum Gasteiger partial charge on any atom is -0.434 e. The molecule has 0 aliphatic heterocycles. The van der Waals surface area contributed by atoms with Crippen LogP contribution in [0.15, 0.2) is 235 Å². The zero-order chi connectivity index (χ0) is 44.3. The van der Waals surface area contributed by atoms with Crippen LogP contribution in [0.4, 0.5) is 0 Å². The van der Waals surface area contributed by atoms with Crippen molar-refractivity contribution >= 4 is 54.3 Å². The molecule has 13 aromatic rings. The topological polar surface area (TPSA) is 64.7 Å². The van der Waals surface area contributed by atoms with Gasteiger partial charge in [-0.05, 0) is 144 Å². The fourth-order valence-electron chi connectivity index (χ4n) is 9.36. The second-order valence-electron chi connectivity index (χ2n) is 17.1. The maximum Gasteiger partial charge on any atom is 0.228 e. The Balaban J connectivity index is 1.05. The van der Waals surface area contributed by atoms with E-state index in [9.17, 15) is 0 Å². The highest BCUT2D eigenvalue weighted by molar-refractivity contribution is 5.93. The van der Waals surface area contributed by atoms with Gasteiger partial charge < -0.3 is 4.42 Å². The predicted octanol–water partition coefficient (Wildman–Crippen LogP) is 16.3. The first kappa shape index (κ1) is 38.4. The summed E-state index contributed by atoms with van der Waals surface area (Å²) in [6.45, 7) is 0. The lowest BCUT2D eigenvalue weighted by molar-refractivity contribution is 0.619. The smallest absolute Gasteiger partial charge is 0.228 e. The van der Waals surface area contributed by atoms with Gasteiger partial charge in [-0.2, -0.15) is 4.98 Å². The number of hydrogen-bond acceptors (Lipinski definition) is 5. The third kappa shape index (κ3) is 7.25. The van der Waals surface area contributed by atoms with Crippen molar-refractivity contribution in [2.45, 2.75) is 0 Å². The minimum absolute atomic E-state index is 0.470. The van der Waals surface area contributed by atoms with Crippen molar-refractivity contribution in [3.05, 3.63) is 231 Å². The monoisotopic (exact) mass is 854 g/mol. The van der Waals surface area contributed by atoms with Crippen LogP contribution in [0.2, 0.25) is 0 Å². The summed E-state index contributed by atoms with van der Waals surface area (Å²) >= 11 is 0. The molecule has 4 heterocycles. The SMILES string of the molecule is c1ccc2cc(-c3cc(-c4cc(-c5cc(-c6ccc7ccccc7c6)cc(-c6ccc7ccccc7c6)n5)cc(-c5nc6ncccc6o5)c4)nc(-c4ccc5ccccc5c4)c3)ccc2c1. The number of hydrogen-bond donors (Lipinski definition) is 0. The van der Waals surface area contributed by atoms with Crippen molar-refractivity contribution in [3.63, 3.8) is 0 Å². The molecule has 0 aliphatic rings. The molecule has 312 valence electrons. The standard InChI is InChI=1S/C62H38N4O/c1-5-14-43-28-47(23-19-39(43)10-1)51-35-56(49-25-21-41-12-3-7-16-45(41)30-49)64-58(37-51)53-32-54(34-55(33-53)62-66-61-60(67-62)18-9-27-63-61)59-38-52(48-24-20-40-11-2-6-15-44(40)29-48)36-57(65-59)50-26-22-42-13-4-8-17-46(42)31-50/h1-38H. The Bertz CT molecular complexity index is 3620. The van der Waals surface area contributed by atoms with Gasteiger partial charge in [-0.3, -0.25) is 0 Å². The van der Waals surface area contributed by atoms with Crippen molar-refractivity contribution in [2.24, 2.45) is 0 Å². The normalized spacial score (nSPS) is 11.6. The number of fused-ring (bicyclic) bond motifs is 5. The molecule has 9 aromatic carbocycles. The Hall–Kier alpha value is -9.06. The Kier molecular flexibility index (Phi) is 9.10. The summed E-state index contributed by atoms with van der Waals surface area (Å²) in [5.41, 5.74) is 13.5. The van der Waals surface area contributed by atoms with Gasteiger partial charge in [0.1, 0.15) is 0 Å². The van der Waals surface area contributed by atoms with Crippen LogP contribution < -0.4 is 0 Å². The van der Waals surface area contributed by atoms with Crippen LogP contribution in [0.1, 0.15) is 0 Å². The summed E-state index contributed by atoms with van der Waals surface area (Å²) in [7, 11) is 0. The predicted molar refractivity (Wildman–Crippen MR) is 275 cm³/mol. The van der Waals surface area contributed by atoms with Crippen LogP contribution in [-0.2, 0) is 0 Å². The average Bonchev–Trinajstić information content (AvgIpc) is 3.85. The Morgan fingerprint density at radius 1 is 0.254 bits per heavy atom. The van der Waals surface area contributed by atoms with E-state index in [1.807, 2.05) is 12.1 Å². The Morgan fingerprint density at radius 3 is 1.06 bits per heavy atom. The van der Waals surface area contributed by atoms with Gasteiger partial charge in [0.2, 0.25) is 5.89 Å². The van der Waals surface area contributed by atoms with Crippen molar-refractivity contribution in [1.82, 2.24) is 19.9 Å². The van der Waals surface area contributed by atoms with E-state index in [-0.39, 0.29) is 0 Å². The second kappa shape index (κ2) is 15.9. The first-order chi connectivity index (χ1) is 33.1. The van der Waals surface area contributed by atoms with Crippen LogP contribution in [-0.4, -0.2) is 19.9 Å². The molecule has 0 N–H and O–H groups in total. The molecule has 0 amide bonds. The van der Waals surface area contributed by atoms with E-state index < -0.39 is 0 Å². The molecule has 0 aliphatic carbocycles. The molecule has 0 radical (unpaired) electrons. The van der Waals surface area contributed by atoms with Crippen molar-refractivity contribution in [3.8, 4) is 78.7 Å². The summed E-state index contributed by atoms with van der Waals surface area (Å²) < 4.78 is 6.46. The molecule has 0 unspecified atom stereocenters. The first-order valence-corrected chi connectivity index (χ1v) is 22.5. The zero-order valence-corrected chi connectivity index (χ0v) is 36.1. The molecular formula is C62H38N4O. The van der Waals surface area contributed by atoms with E-state index in [0.29, 0.717) is 17.1 Å². The van der Waals surface area contributed by atoms with Crippen molar-refractivity contribution in [1.29, 1.82) is 0 Å². The van der Waals surface area contributed by atoms with E-state index in [2.05, 4.69) is 217 Å². The molecule has 0 bridgehead atoms. The summed E-state index contributed by atoms with van der Waals surface area (Å²) in [4.78, 5) is 20.4. The lowest BCUT2D eigenvalue weighted by Crippen LogP contribution is -1.95. The van der Waals surface area contributed by atoms with Crippen LogP contribution in [0, 0.1) is 0 Å². The van der Waals surface area contributed by atoms with Crippen molar-refractivity contribution < 1.29 is 4.42 Å². The van der Waals surface area contributed by atoms with Crippen LogP contribution >= 0.6 is 0 Å². The molecule has 5 heteroatoms. The average molecular weight is 855 g/mol. The van der Waals surface area contributed by atoms with Crippen molar-refractivity contribution in [2.75, 3.05) is 0 Å². The molecule has 0 saturated heterocycles. The largest absolute Gasteiger partial charge is 0.434 e. The van der Waals surface area contributed by atoms with Gasteiger partial charge in [-0.1, -0.05) is 146 Å². The number of pyridine rings is 3. The highest BCUT2D eigenvalue weighted by Gasteiger charge is 2.18. The summed E-state index contributed by atoms with van der Waals surface area (Å²) in [6.07, 6.45) is 1.74.